The summed E-state index contributed by atoms with van der Waals surface area (Å²) in [4.78, 5) is 2.32. The van der Waals surface area contributed by atoms with Gasteiger partial charge in [0.25, 0.3) is 0 Å². The van der Waals surface area contributed by atoms with E-state index in [1.54, 1.807) is 6.92 Å². The molecule has 3 nitrogen and oxygen atoms in total. The van der Waals surface area contributed by atoms with Gasteiger partial charge in [-0.3, -0.25) is 0 Å². The number of nitrogens with zero attached hydrogens (tertiary/aromatic N) is 1. The van der Waals surface area contributed by atoms with Gasteiger partial charge in [0.2, 0.25) is 0 Å². The molecule has 1 aliphatic rings. The topological polar surface area (TPSA) is 49.5 Å². The van der Waals surface area contributed by atoms with Gasteiger partial charge in [-0.05, 0) is 32.9 Å². The Morgan fingerprint density at radius 3 is 2.45 bits per heavy atom. The molecule has 0 aliphatic carbocycles. The Morgan fingerprint density at radius 1 is 1.45 bits per heavy atom. The van der Waals surface area contributed by atoms with Crippen LogP contribution in [0.3, 0.4) is 0 Å². The quantitative estimate of drug-likeness (QED) is 0.597. The smallest absolute Gasteiger partial charge is 0.0675 e. The third-order valence-corrected chi connectivity index (χ3v) is 2.29. The minimum atomic E-state index is -0.379. The highest BCUT2D eigenvalue weighted by Gasteiger charge is 2.17. The Kier molecular flexibility index (Phi) is 3.30. The van der Waals surface area contributed by atoms with E-state index in [2.05, 4.69) is 4.90 Å². The van der Waals surface area contributed by atoms with Crippen LogP contribution in [0.1, 0.15) is 19.8 Å². The minimum Gasteiger partial charge on any atom is -0.392 e. The predicted octanol–water partition coefficient (Wildman–Crippen LogP) is -0.210. The number of likely N-dealkylation sites (tertiary alicyclic amines) is 1. The van der Waals surface area contributed by atoms with Gasteiger partial charge in [0.1, 0.15) is 0 Å². The van der Waals surface area contributed by atoms with Crippen molar-refractivity contribution in [3.8, 4) is 0 Å². The molecule has 0 bridgehead atoms. The van der Waals surface area contributed by atoms with Crippen LogP contribution in [-0.4, -0.2) is 41.8 Å². The van der Waals surface area contributed by atoms with Crippen molar-refractivity contribution >= 4 is 0 Å². The molecule has 2 atom stereocenters. The average Bonchev–Trinajstić information content (AvgIpc) is 2.39. The zero-order chi connectivity index (χ0) is 8.27. The molecule has 1 aliphatic heterocycles. The van der Waals surface area contributed by atoms with Gasteiger partial charge in [0, 0.05) is 12.6 Å². The highest BCUT2D eigenvalue weighted by Crippen LogP contribution is 2.07. The van der Waals surface area contributed by atoms with Crippen LogP contribution in [0.5, 0.6) is 0 Å². The molecule has 3 N–H and O–H groups in total. The summed E-state index contributed by atoms with van der Waals surface area (Å²) < 4.78 is 0. The molecule has 1 fully saturated rings. The van der Waals surface area contributed by atoms with Gasteiger partial charge < -0.3 is 15.7 Å². The molecular formula is C8H18N2O. The second-order valence-corrected chi connectivity index (χ2v) is 3.41. The average molecular weight is 158 g/mol. The Balaban J connectivity index is 2.18. The fourth-order valence-electron chi connectivity index (χ4n) is 1.42. The van der Waals surface area contributed by atoms with Crippen molar-refractivity contribution in [1.29, 1.82) is 0 Å². The lowest BCUT2D eigenvalue weighted by Gasteiger charge is -2.21. The maximum atomic E-state index is 9.13. The maximum absolute atomic E-state index is 9.13. The summed E-state index contributed by atoms with van der Waals surface area (Å²) in [5.41, 5.74) is 5.70. The summed E-state index contributed by atoms with van der Waals surface area (Å²) in [5, 5.41) is 9.13. The van der Waals surface area contributed by atoms with Crippen LogP contribution in [0.4, 0.5) is 0 Å². The summed E-state index contributed by atoms with van der Waals surface area (Å²) in [6.45, 7) is 4.90. The van der Waals surface area contributed by atoms with Gasteiger partial charge in [-0.2, -0.15) is 0 Å². The second kappa shape index (κ2) is 4.04. The molecule has 3 heteroatoms. The van der Waals surface area contributed by atoms with E-state index < -0.39 is 0 Å². The number of hydrogen-bond acceptors (Lipinski definition) is 3. The normalized spacial score (nSPS) is 25.4. The van der Waals surface area contributed by atoms with Gasteiger partial charge in [-0.25, -0.2) is 0 Å². The molecule has 0 radical (unpaired) electrons. The fourth-order valence-corrected chi connectivity index (χ4v) is 1.42. The predicted molar refractivity (Wildman–Crippen MR) is 45.3 cm³/mol. The Hall–Kier alpha value is -0.120. The maximum Gasteiger partial charge on any atom is 0.0675 e. The van der Waals surface area contributed by atoms with Crippen LogP contribution in [0.15, 0.2) is 0 Å². The zero-order valence-corrected chi connectivity index (χ0v) is 7.16. The largest absolute Gasteiger partial charge is 0.392 e. The molecule has 0 saturated carbocycles. The van der Waals surface area contributed by atoms with E-state index in [1.165, 1.54) is 12.8 Å². The Morgan fingerprint density at radius 2 is 2.00 bits per heavy atom. The molecule has 0 aromatic heterocycles. The number of aliphatic hydroxyl groups is 1. The molecule has 0 amide bonds. The lowest BCUT2D eigenvalue weighted by atomic mass is 10.2. The lowest BCUT2D eigenvalue weighted by molar-refractivity contribution is 0.140. The number of aliphatic hydroxyl groups excluding tert-OH is 1. The van der Waals surface area contributed by atoms with Crippen LogP contribution >= 0.6 is 0 Å². The van der Waals surface area contributed by atoms with Crippen molar-refractivity contribution in [3.63, 3.8) is 0 Å². The van der Waals surface area contributed by atoms with Crippen LogP contribution < -0.4 is 5.73 Å². The molecule has 1 rings (SSSR count). The van der Waals surface area contributed by atoms with Crippen LogP contribution in [0.25, 0.3) is 0 Å². The molecule has 0 unspecified atom stereocenters. The first-order chi connectivity index (χ1) is 5.20. The molecule has 1 heterocycles. The highest BCUT2D eigenvalue weighted by atomic mass is 16.3. The van der Waals surface area contributed by atoms with Gasteiger partial charge in [0.15, 0.2) is 0 Å². The van der Waals surface area contributed by atoms with E-state index in [9.17, 15) is 0 Å². The molecule has 66 valence electrons. The van der Waals surface area contributed by atoms with E-state index in [4.69, 9.17) is 10.8 Å². The van der Waals surface area contributed by atoms with Gasteiger partial charge in [-0.1, -0.05) is 0 Å². The first kappa shape index (κ1) is 8.97. The van der Waals surface area contributed by atoms with E-state index in [1.807, 2.05) is 0 Å². The summed E-state index contributed by atoms with van der Waals surface area (Å²) >= 11 is 0. The molecule has 0 spiro atoms. The van der Waals surface area contributed by atoms with Gasteiger partial charge >= 0.3 is 0 Å². The summed E-state index contributed by atoms with van der Waals surface area (Å²) in [7, 11) is 0. The Bertz CT molecular complexity index is 111. The van der Waals surface area contributed by atoms with Crippen molar-refractivity contribution in [1.82, 2.24) is 4.90 Å². The third-order valence-electron chi connectivity index (χ3n) is 2.29. The van der Waals surface area contributed by atoms with E-state index in [0.29, 0.717) is 0 Å². The molecule has 11 heavy (non-hydrogen) atoms. The van der Waals surface area contributed by atoms with E-state index >= 15 is 0 Å². The Labute approximate surface area is 68.2 Å². The van der Waals surface area contributed by atoms with E-state index in [0.717, 1.165) is 19.6 Å². The second-order valence-electron chi connectivity index (χ2n) is 3.41. The van der Waals surface area contributed by atoms with Crippen molar-refractivity contribution in [2.45, 2.75) is 31.9 Å². The van der Waals surface area contributed by atoms with Crippen LogP contribution in [0.2, 0.25) is 0 Å². The zero-order valence-electron chi connectivity index (χ0n) is 7.16. The first-order valence-electron chi connectivity index (χ1n) is 4.36. The molecule has 1 saturated heterocycles. The van der Waals surface area contributed by atoms with Crippen LogP contribution in [-0.2, 0) is 0 Å². The molecule has 0 aromatic carbocycles. The van der Waals surface area contributed by atoms with Crippen molar-refractivity contribution < 1.29 is 5.11 Å². The molecular weight excluding hydrogens is 140 g/mol. The SMILES string of the molecule is C[C@@H](O)[C@H](N)CN1CCCC1. The van der Waals surface area contributed by atoms with Gasteiger partial charge in [0.05, 0.1) is 6.10 Å². The monoisotopic (exact) mass is 158 g/mol. The summed E-state index contributed by atoms with van der Waals surface area (Å²) in [5.74, 6) is 0. The molecule has 0 aromatic rings. The number of rotatable bonds is 3. The van der Waals surface area contributed by atoms with Crippen molar-refractivity contribution in [2.75, 3.05) is 19.6 Å². The standard InChI is InChI=1S/C8H18N2O/c1-7(11)8(9)6-10-4-2-3-5-10/h7-8,11H,2-6,9H2,1H3/t7-,8-/m1/s1. The number of nitrogens with two attached hydrogens (primary N) is 1. The van der Waals surface area contributed by atoms with Crippen molar-refractivity contribution in [3.05, 3.63) is 0 Å². The van der Waals surface area contributed by atoms with Crippen LogP contribution in [0, 0.1) is 0 Å². The number of hydrogen-bond donors (Lipinski definition) is 2. The summed E-state index contributed by atoms with van der Waals surface area (Å²) in [6.07, 6.45) is 2.19. The van der Waals surface area contributed by atoms with Gasteiger partial charge in [-0.15, -0.1) is 0 Å². The minimum absolute atomic E-state index is 0.0758. The summed E-state index contributed by atoms with van der Waals surface area (Å²) in [6, 6.07) is -0.0758. The fraction of sp³-hybridized carbons (Fsp3) is 1.00. The third kappa shape index (κ3) is 2.77. The highest BCUT2D eigenvalue weighted by molar-refractivity contribution is 4.75. The van der Waals surface area contributed by atoms with Crippen molar-refractivity contribution in [2.24, 2.45) is 5.73 Å². The lowest BCUT2D eigenvalue weighted by Crippen LogP contribution is -2.42. The first-order valence-corrected chi connectivity index (χ1v) is 4.36. The van der Waals surface area contributed by atoms with E-state index in [-0.39, 0.29) is 12.1 Å².